The highest BCUT2D eigenvalue weighted by Crippen LogP contribution is 2.29. The van der Waals surface area contributed by atoms with E-state index < -0.39 is 0 Å². The van der Waals surface area contributed by atoms with E-state index in [2.05, 4.69) is 5.92 Å². The molecule has 0 amide bonds. The minimum Gasteiger partial charge on any atom is -0.480 e. The zero-order chi connectivity index (χ0) is 11.4. The van der Waals surface area contributed by atoms with Crippen molar-refractivity contribution in [3.05, 3.63) is 28.8 Å². The van der Waals surface area contributed by atoms with Gasteiger partial charge in [0.15, 0.2) is 6.29 Å². The van der Waals surface area contributed by atoms with E-state index in [1.165, 1.54) is 12.0 Å². The molecule has 2 heteroatoms. The van der Waals surface area contributed by atoms with E-state index in [-0.39, 0.29) is 6.61 Å². The second kappa shape index (κ2) is 4.85. The molecular formula is C14H14O2. The molecule has 0 aliphatic heterocycles. The molecule has 1 aromatic rings. The number of carbonyl (C=O) groups is 1. The van der Waals surface area contributed by atoms with Gasteiger partial charge in [-0.3, -0.25) is 4.79 Å². The molecule has 1 aliphatic carbocycles. The van der Waals surface area contributed by atoms with E-state index >= 15 is 0 Å². The Morgan fingerprint density at radius 3 is 2.94 bits per heavy atom. The lowest BCUT2D eigenvalue weighted by molar-refractivity contribution is 0.111. The summed E-state index contributed by atoms with van der Waals surface area (Å²) in [6.45, 7) is 0.208. The molecule has 1 aromatic carbocycles. The van der Waals surface area contributed by atoms with E-state index in [9.17, 15) is 4.79 Å². The summed E-state index contributed by atoms with van der Waals surface area (Å²) < 4.78 is 5.38. The Hall–Kier alpha value is -1.75. The first-order chi connectivity index (χ1) is 7.86. The van der Waals surface area contributed by atoms with Gasteiger partial charge in [0.25, 0.3) is 0 Å². The van der Waals surface area contributed by atoms with Crippen molar-refractivity contribution < 1.29 is 9.53 Å². The van der Waals surface area contributed by atoms with Gasteiger partial charge in [-0.25, -0.2) is 0 Å². The fraction of sp³-hybridized carbons (Fsp3) is 0.357. The summed E-state index contributed by atoms with van der Waals surface area (Å²) in [6.07, 6.45) is 10.4. The van der Waals surface area contributed by atoms with Crippen LogP contribution in [0.15, 0.2) is 12.1 Å². The van der Waals surface area contributed by atoms with Crippen LogP contribution in [-0.2, 0) is 12.8 Å². The number of carbonyl (C=O) groups excluding carboxylic acids is 1. The molecule has 0 bridgehead atoms. The van der Waals surface area contributed by atoms with Crippen LogP contribution in [0.3, 0.4) is 0 Å². The van der Waals surface area contributed by atoms with Crippen molar-refractivity contribution in [1.82, 2.24) is 0 Å². The number of benzene rings is 1. The lowest BCUT2D eigenvalue weighted by Crippen LogP contribution is -2.08. The fourth-order valence-electron chi connectivity index (χ4n) is 2.21. The van der Waals surface area contributed by atoms with Crippen molar-refractivity contribution in [1.29, 1.82) is 0 Å². The average molecular weight is 214 g/mol. The Morgan fingerprint density at radius 2 is 2.19 bits per heavy atom. The van der Waals surface area contributed by atoms with Crippen LogP contribution >= 0.6 is 0 Å². The molecule has 0 saturated carbocycles. The smallest absolute Gasteiger partial charge is 0.154 e. The summed E-state index contributed by atoms with van der Waals surface area (Å²) in [7, 11) is 0. The van der Waals surface area contributed by atoms with Crippen molar-refractivity contribution in [2.24, 2.45) is 0 Å². The summed E-state index contributed by atoms with van der Waals surface area (Å²) in [5, 5.41) is 0. The molecule has 0 N–H and O–H groups in total. The zero-order valence-electron chi connectivity index (χ0n) is 9.16. The van der Waals surface area contributed by atoms with Crippen molar-refractivity contribution in [2.75, 3.05) is 6.61 Å². The lowest BCUT2D eigenvalue weighted by atomic mass is 9.88. The van der Waals surface area contributed by atoms with Crippen LogP contribution in [-0.4, -0.2) is 12.9 Å². The molecule has 0 aromatic heterocycles. The number of terminal acetylenes is 1. The normalized spacial score (nSPS) is 13.7. The van der Waals surface area contributed by atoms with Crippen LogP contribution in [0.5, 0.6) is 5.75 Å². The van der Waals surface area contributed by atoms with Gasteiger partial charge in [-0.2, -0.15) is 0 Å². The monoisotopic (exact) mass is 214 g/mol. The van der Waals surface area contributed by atoms with Gasteiger partial charge in [-0.05, 0) is 42.9 Å². The predicted molar refractivity (Wildman–Crippen MR) is 62.8 cm³/mol. The van der Waals surface area contributed by atoms with Gasteiger partial charge < -0.3 is 4.74 Å². The van der Waals surface area contributed by atoms with Crippen LogP contribution in [0.1, 0.15) is 34.3 Å². The van der Waals surface area contributed by atoms with Crippen molar-refractivity contribution in [3.8, 4) is 18.1 Å². The molecule has 0 saturated heterocycles. The predicted octanol–water partition coefficient (Wildman–Crippen LogP) is 2.39. The highest BCUT2D eigenvalue weighted by molar-refractivity contribution is 5.82. The highest BCUT2D eigenvalue weighted by atomic mass is 16.5. The maximum absolute atomic E-state index is 11.1. The number of hydrogen-bond acceptors (Lipinski definition) is 2. The van der Waals surface area contributed by atoms with Crippen LogP contribution in [0.25, 0.3) is 0 Å². The molecule has 2 rings (SSSR count). The minimum absolute atomic E-state index is 0.208. The summed E-state index contributed by atoms with van der Waals surface area (Å²) in [5.74, 6) is 3.03. The van der Waals surface area contributed by atoms with Crippen molar-refractivity contribution >= 4 is 6.29 Å². The zero-order valence-corrected chi connectivity index (χ0v) is 9.16. The molecule has 1 aliphatic rings. The van der Waals surface area contributed by atoms with Crippen LogP contribution in [0, 0.1) is 12.3 Å². The van der Waals surface area contributed by atoms with E-state index in [0.29, 0.717) is 11.3 Å². The standard InChI is InChI=1S/C14H14O2/c1-2-9-16-14-8-7-11-5-3-4-6-12(11)13(14)10-15/h1,7-8,10H,3-6,9H2. The molecule has 16 heavy (non-hydrogen) atoms. The summed E-state index contributed by atoms with van der Waals surface area (Å²) in [6, 6.07) is 3.90. The van der Waals surface area contributed by atoms with Crippen LogP contribution in [0.4, 0.5) is 0 Å². The Bertz CT molecular complexity index is 441. The van der Waals surface area contributed by atoms with Crippen LogP contribution < -0.4 is 4.74 Å². The molecule has 0 heterocycles. The maximum Gasteiger partial charge on any atom is 0.154 e. The van der Waals surface area contributed by atoms with Gasteiger partial charge in [0.2, 0.25) is 0 Å². The Labute approximate surface area is 95.6 Å². The van der Waals surface area contributed by atoms with Crippen LogP contribution in [0.2, 0.25) is 0 Å². The number of hydrogen-bond donors (Lipinski definition) is 0. The third kappa shape index (κ3) is 1.94. The minimum atomic E-state index is 0.208. The molecule has 0 unspecified atom stereocenters. The van der Waals surface area contributed by atoms with E-state index in [1.54, 1.807) is 0 Å². The third-order valence-corrected chi connectivity index (χ3v) is 2.97. The van der Waals surface area contributed by atoms with Gasteiger partial charge >= 0.3 is 0 Å². The summed E-state index contributed by atoms with van der Waals surface area (Å²) in [5.41, 5.74) is 3.12. The van der Waals surface area contributed by atoms with Gasteiger partial charge in [-0.15, -0.1) is 6.42 Å². The SMILES string of the molecule is C#CCOc1ccc2c(c1C=O)CCCC2. The number of aryl methyl sites for hydroxylation is 1. The number of rotatable bonds is 3. The van der Waals surface area contributed by atoms with Gasteiger partial charge in [0.05, 0.1) is 5.56 Å². The molecule has 82 valence electrons. The van der Waals surface area contributed by atoms with Crippen molar-refractivity contribution in [2.45, 2.75) is 25.7 Å². The maximum atomic E-state index is 11.1. The first-order valence-electron chi connectivity index (χ1n) is 5.53. The fourth-order valence-corrected chi connectivity index (χ4v) is 2.21. The molecule has 0 fully saturated rings. The second-order valence-electron chi connectivity index (χ2n) is 3.93. The topological polar surface area (TPSA) is 26.3 Å². The van der Waals surface area contributed by atoms with Gasteiger partial charge in [-0.1, -0.05) is 12.0 Å². The quantitative estimate of drug-likeness (QED) is 0.570. The molecule has 0 radical (unpaired) electrons. The third-order valence-electron chi connectivity index (χ3n) is 2.97. The Morgan fingerprint density at radius 1 is 1.38 bits per heavy atom. The first-order valence-corrected chi connectivity index (χ1v) is 5.53. The average Bonchev–Trinajstić information content (AvgIpc) is 2.35. The van der Waals surface area contributed by atoms with E-state index in [1.807, 2.05) is 12.1 Å². The summed E-state index contributed by atoms with van der Waals surface area (Å²) >= 11 is 0. The highest BCUT2D eigenvalue weighted by Gasteiger charge is 2.16. The summed E-state index contributed by atoms with van der Waals surface area (Å²) in [4.78, 5) is 11.1. The van der Waals surface area contributed by atoms with E-state index in [0.717, 1.165) is 31.1 Å². The Kier molecular flexibility index (Phi) is 3.26. The van der Waals surface area contributed by atoms with Gasteiger partial charge in [0, 0.05) is 0 Å². The van der Waals surface area contributed by atoms with Crippen molar-refractivity contribution in [3.63, 3.8) is 0 Å². The number of aldehydes is 1. The Balaban J connectivity index is 2.40. The molecule has 0 spiro atoms. The van der Waals surface area contributed by atoms with Gasteiger partial charge in [0.1, 0.15) is 12.4 Å². The molecule has 0 atom stereocenters. The second-order valence-corrected chi connectivity index (χ2v) is 3.93. The first kappa shape index (κ1) is 10.8. The lowest BCUT2D eigenvalue weighted by Gasteiger charge is -2.19. The van der Waals surface area contributed by atoms with E-state index in [4.69, 9.17) is 11.2 Å². The largest absolute Gasteiger partial charge is 0.480 e. The molecular weight excluding hydrogens is 200 g/mol. The molecule has 2 nitrogen and oxygen atoms in total. The number of ether oxygens (including phenoxy) is 1. The number of fused-ring (bicyclic) bond motifs is 1.